The predicted molar refractivity (Wildman–Crippen MR) is 29.7 cm³/mol. The molecule has 4 radical (unpaired) electrons. The largest absolute Gasteiger partial charge is 0.0888 e. The van der Waals surface area contributed by atoms with Gasteiger partial charge in [0, 0.05) is 10.2 Å². The lowest BCUT2D eigenvalue weighted by molar-refractivity contribution is 1.21. The van der Waals surface area contributed by atoms with E-state index in [9.17, 15) is 0 Å². The molecule has 0 aromatic heterocycles. The minimum atomic E-state index is 1.03. The van der Waals surface area contributed by atoms with E-state index >= 15 is 0 Å². The summed E-state index contributed by atoms with van der Waals surface area (Å²) < 4.78 is 0. The lowest BCUT2D eigenvalue weighted by Crippen LogP contribution is -1.60. The summed E-state index contributed by atoms with van der Waals surface area (Å²) in [6.45, 7) is 3.52. The van der Waals surface area contributed by atoms with Crippen LogP contribution in [0.4, 0.5) is 0 Å². The Balaban J connectivity index is 2.66. The van der Waals surface area contributed by atoms with Gasteiger partial charge in [0.1, 0.15) is 0 Å². The maximum absolute atomic E-state index is 3.52. The number of rotatable bonds is 2. The molecule has 0 spiro atoms. The van der Waals surface area contributed by atoms with Gasteiger partial charge in [-0.1, -0.05) is 18.2 Å². The van der Waals surface area contributed by atoms with E-state index in [0.29, 0.717) is 0 Å². The smallest absolute Gasteiger partial charge is 0.0225 e. The second-order valence-corrected chi connectivity index (χ2v) is 1.51. The molecular formula is C5H8Si. The third-order valence-electron chi connectivity index (χ3n) is 0.478. The zero-order valence-electron chi connectivity index (χ0n) is 3.78. The molecule has 0 atom stereocenters. The molecule has 0 aliphatic heterocycles. The molecule has 0 rings (SSSR count). The molecule has 0 amide bonds. The molecular weight excluding hydrogens is 88.1 g/mol. The molecule has 6 heavy (non-hydrogen) atoms. The van der Waals surface area contributed by atoms with Crippen LogP contribution < -0.4 is 0 Å². The Morgan fingerprint density at radius 2 is 2.33 bits per heavy atom. The number of hydrogen-bond donors (Lipinski definition) is 0. The Kier molecular flexibility index (Phi) is 4.92. The van der Waals surface area contributed by atoms with Crippen molar-refractivity contribution in [3.8, 4) is 0 Å². The number of allylic oxidation sites excluding steroid dienone is 2. The summed E-state index contributed by atoms with van der Waals surface area (Å²) in [6, 6.07) is 1.03. The van der Waals surface area contributed by atoms with E-state index in [1.54, 1.807) is 6.08 Å². The Labute approximate surface area is 42.7 Å². The summed E-state index contributed by atoms with van der Waals surface area (Å²) in [5, 5.41) is 0. The molecule has 0 fully saturated rings. The first-order valence-electron chi connectivity index (χ1n) is 2.00. The van der Waals surface area contributed by atoms with E-state index in [1.807, 2.05) is 6.08 Å². The third kappa shape index (κ3) is 3.96. The van der Waals surface area contributed by atoms with Crippen molar-refractivity contribution in [2.45, 2.75) is 12.5 Å². The summed E-state index contributed by atoms with van der Waals surface area (Å²) >= 11 is 0. The average molecular weight is 96.2 g/mol. The molecule has 0 saturated heterocycles. The van der Waals surface area contributed by atoms with Crippen LogP contribution in [0.5, 0.6) is 0 Å². The van der Waals surface area contributed by atoms with Crippen LogP contribution in [0.15, 0.2) is 12.2 Å². The van der Waals surface area contributed by atoms with Crippen molar-refractivity contribution in [2.24, 2.45) is 0 Å². The lowest BCUT2D eigenvalue weighted by atomic mass is 10.4. The van der Waals surface area contributed by atoms with E-state index in [4.69, 9.17) is 0 Å². The van der Waals surface area contributed by atoms with Gasteiger partial charge in [0.2, 0.25) is 0 Å². The minimum Gasteiger partial charge on any atom is -0.0888 e. The quantitative estimate of drug-likeness (QED) is 0.455. The van der Waals surface area contributed by atoms with Gasteiger partial charge in [-0.15, -0.1) is 0 Å². The maximum Gasteiger partial charge on any atom is 0.0225 e. The molecule has 0 aromatic carbocycles. The zero-order chi connectivity index (χ0) is 4.83. The molecule has 32 valence electrons. The van der Waals surface area contributed by atoms with Crippen LogP contribution in [-0.4, -0.2) is 10.2 Å². The summed E-state index contributed by atoms with van der Waals surface area (Å²) in [5.74, 6) is 0. The summed E-state index contributed by atoms with van der Waals surface area (Å²) in [7, 11) is 3.31. The first-order valence-corrected chi connectivity index (χ1v) is 2.71. The Morgan fingerprint density at radius 3 is 2.50 bits per heavy atom. The SMILES string of the molecule is [CH2]/C=C/CC[Si]. The van der Waals surface area contributed by atoms with Crippen molar-refractivity contribution in [2.75, 3.05) is 0 Å². The van der Waals surface area contributed by atoms with Gasteiger partial charge < -0.3 is 0 Å². The second kappa shape index (κ2) is 4.96. The highest BCUT2D eigenvalue weighted by Crippen LogP contribution is 1.83. The summed E-state index contributed by atoms with van der Waals surface area (Å²) in [5.41, 5.74) is 0. The topological polar surface area (TPSA) is 0 Å². The van der Waals surface area contributed by atoms with Gasteiger partial charge in [0.25, 0.3) is 0 Å². The molecule has 1 heteroatoms. The van der Waals surface area contributed by atoms with Gasteiger partial charge in [0.15, 0.2) is 0 Å². The number of hydrogen-bond acceptors (Lipinski definition) is 0. The fraction of sp³-hybridized carbons (Fsp3) is 0.400. The van der Waals surface area contributed by atoms with E-state index in [0.717, 1.165) is 12.5 Å². The van der Waals surface area contributed by atoms with Crippen molar-refractivity contribution in [3.05, 3.63) is 19.1 Å². The molecule has 0 bridgehead atoms. The molecule has 0 N–H and O–H groups in total. The second-order valence-electron chi connectivity index (χ2n) is 1.01. The first kappa shape index (κ1) is 5.96. The van der Waals surface area contributed by atoms with E-state index in [1.165, 1.54) is 0 Å². The molecule has 0 nitrogen and oxygen atoms in total. The van der Waals surface area contributed by atoms with Crippen molar-refractivity contribution in [3.63, 3.8) is 0 Å². The van der Waals surface area contributed by atoms with E-state index in [2.05, 4.69) is 17.2 Å². The molecule has 0 aliphatic carbocycles. The maximum atomic E-state index is 3.52. The fourth-order valence-corrected chi connectivity index (χ4v) is 0.368. The van der Waals surface area contributed by atoms with Gasteiger partial charge in [-0.05, 0) is 13.3 Å². The van der Waals surface area contributed by atoms with Crippen LogP contribution in [0.25, 0.3) is 0 Å². The normalized spacial score (nSPS) is 10.3. The van der Waals surface area contributed by atoms with Crippen LogP contribution in [0.2, 0.25) is 6.04 Å². The first-order chi connectivity index (χ1) is 2.91. The highest BCUT2D eigenvalue weighted by atomic mass is 28.1. The minimum absolute atomic E-state index is 1.03. The lowest BCUT2D eigenvalue weighted by Gasteiger charge is -1.75. The Bertz CT molecular complexity index is 39.2. The molecule has 0 saturated carbocycles. The predicted octanol–water partition coefficient (Wildman–Crippen LogP) is 1.35. The van der Waals surface area contributed by atoms with Gasteiger partial charge in [-0.2, -0.15) is 0 Å². The standard InChI is InChI=1S/C5H8Si/c1-2-3-4-5-6/h2-3H,1,4-5H2/b3-2+. The van der Waals surface area contributed by atoms with Crippen molar-refractivity contribution >= 4 is 10.2 Å². The van der Waals surface area contributed by atoms with Gasteiger partial charge in [-0.25, -0.2) is 0 Å². The average Bonchev–Trinajstić information content (AvgIpc) is 1.61. The van der Waals surface area contributed by atoms with E-state index < -0.39 is 0 Å². The summed E-state index contributed by atoms with van der Waals surface area (Å²) in [4.78, 5) is 0. The molecule has 0 heterocycles. The van der Waals surface area contributed by atoms with Crippen LogP contribution in [0.1, 0.15) is 6.42 Å². The highest BCUT2D eigenvalue weighted by molar-refractivity contribution is 6.08. The van der Waals surface area contributed by atoms with Crippen LogP contribution >= 0.6 is 0 Å². The fourth-order valence-electron chi connectivity index (χ4n) is 0.201. The van der Waals surface area contributed by atoms with Crippen molar-refractivity contribution in [1.29, 1.82) is 0 Å². The molecule has 0 aromatic rings. The van der Waals surface area contributed by atoms with E-state index in [-0.39, 0.29) is 0 Å². The molecule has 0 unspecified atom stereocenters. The van der Waals surface area contributed by atoms with Gasteiger partial charge in [0.05, 0.1) is 0 Å². The summed E-state index contributed by atoms with van der Waals surface area (Å²) in [6.07, 6.45) is 4.91. The zero-order valence-corrected chi connectivity index (χ0v) is 4.78. The third-order valence-corrected chi connectivity index (χ3v) is 0.766. The Morgan fingerprint density at radius 1 is 1.67 bits per heavy atom. The monoisotopic (exact) mass is 96.0 g/mol. The van der Waals surface area contributed by atoms with Gasteiger partial charge in [-0.3, -0.25) is 0 Å². The Hall–Kier alpha value is -0.0431. The van der Waals surface area contributed by atoms with Crippen molar-refractivity contribution in [1.82, 2.24) is 0 Å². The van der Waals surface area contributed by atoms with Crippen LogP contribution in [0.3, 0.4) is 0 Å². The van der Waals surface area contributed by atoms with Crippen LogP contribution in [0, 0.1) is 6.92 Å². The van der Waals surface area contributed by atoms with Crippen LogP contribution in [-0.2, 0) is 0 Å². The van der Waals surface area contributed by atoms with Crippen molar-refractivity contribution < 1.29 is 0 Å². The molecule has 0 aliphatic rings. The highest BCUT2D eigenvalue weighted by Gasteiger charge is 1.65. The van der Waals surface area contributed by atoms with Gasteiger partial charge >= 0.3 is 0 Å².